The highest BCUT2D eigenvalue weighted by Crippen LogP contribution is 2.35. The van der Waals surface area contributed by atoms with Crippen LogP contribution < -0.4 is 5.73 Å². The fourth-order valence-corrected chi connectivity index (χ4v) is 4.50. The molecular weight excluding hydrogens is 390 g/mol. The van der Waals surface area contributed by atoms with Gasteiger partial charge < -0.3 is 14.9 Å². The smallest absolute Gasteiger partial charge is 0.350 e. The standard InChI is InChI=1S/C17H19N3O5S2/c1-9-7-10(2)19-16-13(9)14(18)15(26-16)17(21)24-8-11-5-6-12(25-11)27(22,23)20(3)4/h5-7H,8,18H2,1-4H3. The molecule has 0 radical (unpaired) electrons. The normalized spacial score (nSPS) is 12.0. The van der Waals surface area contributed by atoms with E-state index in [-0.39, 0.29) is 22.3 Å². The van der Waals surface area contributed by atoms with Crippen molar-refractivity contribution in [1.29, 1.82) is 0 Å². The van der Waals surface area contributed by atoms with Gasteiger partial charge in [-0.1, -0.05) is 0 Å². The average Bonchev–Trinajstić information content (AvgIpc) is 3.17. The van der Waals surface area contributed by atoms with Gasteiger partial charge >= 0.3 is 5.97 Å². The number of anilines is 1. The summed E-state index contributed by atoms with van der Waals surface area (Å²) in [6.45, 7) is 3.57. The van der Waals surface area contributed by atoms with Crippen LogP contribution >= 0.6 is 11.3 Å². The van der Waals surface area contributed by atoms with E-state index < -0.39 is 16.0 Å². The van der Waals surface area contributed by atoms with Gasteiger partial charge in [-0.05, 0) is 37.6 Å². The first-order valence-electron chi connectivity index (χ1n) is 7.96. The first-order valence-corrected chi connectivity index (χ1v) is 10.2. The molecule has 0 unspecified atom stereocenters. The number of nitrogens with zero attached hydrogens (tertiary/aromatic N) is 2. The molecule has 3 aromatic rings. The Hall–Kier alpha value is -2.43. The summed E-state index contributed by atoms with van der Waals surface area (Å²) in [6.07, 6.45) is 0. The quantitative estimate of drug-likeness (QED) is 0.644. The number of nitrogens with two attached hydrogens (primary N) is 1. The van der Waals surface area contributed by atoms with Crippen LogP contribution in [0.25, 0.3) is 10.2 Å². The number of esters is 1. The van der Waals surface area contributed by atoms with Crippen molar-refractivity contribution in [2.45, 2.75) is 25.5 Å². The van der Waals surface area contributed by atoms with E-state index in [9.17, 15) is 13.2 Å². The molecule has 0 saturated carbocycles. The van der Waals surface area contributed by atoms with E-state index in [1.165, 1.54) is 37.6 Å². The molecule has 0 aliphatic rings. The fraction of sp³-hybridized carbons (Fsp3) is 0.294. The zero-order valence-corrected chi connectivity index (χ0v) is 16.9. The Balaban J connectivity index is 1.79. The molecule has 2 N–H and O–H groups in total. The number of ether oxygens (including phenoxy) is 1. The van der Waals surface area contributed by atoms with E-state index in [1.807, 2.05) is 19.9 Å². The second kappa shape index (κ2) is 6.95. The Bertz CT molecular complexity index is 1130. The molecule has 27 heavy (non-hydrogen) atoms. The lowest BCUT2D eigenvalue weighted by Crippen LogP contribution is -2.21. The van der Waals surface area contributed by atoms with E-state index in [4.69, 9.17) is 14.9 Å². The molecule has 3 aromatic heterocycles. The third kappa shape index (κ3) is 3.55. The van der Waals surface area contributed by atoms with Crippen molar-refractivity contribution in [3.05, 3.63) is 40.1 Å². The van der Waals surface area contributed by atoms with Crippen LogP contribution in [-0.4, -0.2) is 37.8 Å². The van der Waals surface area contributed by atoms with Crippen LogP contribution in [0.4, 0.5) is 5.69 Å². The molecule has 0 aromatic carbocycles. The number of thiophene rings is 1. The molecule has 144 valence electrons. The number of sulfonamides is 1. The van der Waals surface area contributed by atoms with Gasteiger partial charge in [0, 0.05) is 25.2 Å². The summed E-state index contributed by atoms with van der Waals surface area (Å²) in [5.74, 6) is -0.394. The van der Waals surface area contributed by atoms with Crippen LogP contribution in [0.5, 0.6) is 0 Å². The molecule has 8 nitrogen and oxygen atoms in total. The van der Waals surface area contributed by atoms with Gasteiger partial charge in [-0.3, -0.25) is 0 Å². The summed E-state index contributed by atoms with van der Waals surface area (Å²) < 4.78 is 35.6. The largest absolute Gasteiger partial charge is 0.453 e. The summed E-state index contributed by atoms with van der Waals surface area (Å²) in [4.78, 5) is 17.8. The minimum absolute atomic E-state index is 0.207. The molecular formula is C17H19N3O5S2. The van der Waals surface area contributed by atoms with Gasteiger partial charge in [0.05, 0.1) is 5.69 Å². The molecule has 0 aliphatic heterocycles. The summed E-state index contributed by atoms with van der Waals surface area (Å²) in [5, 5.41) is 0.533. The lowest BCUT2D eigenvalue weighted by atomic mass is 10.1. The molecule has 0 saturated heterocycles. The number of hydrogen-bond donors (Lipinski definition) is 1. The Morgan fingerprint density at radius 1 is 1.33 bits per heavy atom. The minimum Gasteiger partial charge on any atom is -0.453 e. The zero-order valence-electron chi connectivity index (χ0n) is 15.3. The van der Waals surface area contributed by atoms with Crippen molar-refractivity contribution in [1.82, 2.24) is 9.29 Å². The lowest BCUT2D eigenvalue weighted by Gasteiger charge is -2.07. The van der Waals surface area contributed by atoms with E-state index >= 15 is 0 Å². The van der Waals surface area contributed by atoms with Crippen molar-refractivity contribution in [2.24, 2.45) is 0 Å². The number of nitrogen functional groups attached to an aromatic ring is 1. The lowest BCUT2D eigenvalue weighted by molar-refractivity contribution is 0.0447. The number of rotatable bonds is 5. The second-order valence-corrected chi connectivity index (χ2v) is 9.27. The van der Waals surface area contributed by atoms with Gasteiger partial charge in [0.15, 0.2) is 0 Å². The highest BCUT2D eigenvalue weighted by Gasteiger charge is 2.23. The van der Waals surface area contributed by atoms with Gasteiger partial charge in [-0.2, -0.15) is 0 Å². The Morgan fingerprint density at radius 2 is 2.04 bits per heavy atom. The molecule has 0 spiro atoms. The topological polar surface area (TPSA) is 116 Å². The highest BCUT2D eigenvalue weighted by atomic mass is 32.2. The molecule has 10 heteroatoms. The number of furan rings is 1. The number of aryl methyl sites for hydroxylation is 2. The number of carbonyl (C=O) groups is 1. The van der Waals surface area contributed by atoms with Crippen LogP contribution in [-0.2, 0) is 21.4 Å². The molecule has 3 rings (SSSR count). The zero-order chi connectivity index (χ0) is 19.9. The van der Waals surface area contributed by atoms with Crippen LogP contribution in [0, 0.1) is 13.8 Å². The Labute approximate surface area is 160 Å². The third-order valence-electron chi connectivity index (χ3n) is 3.93. The van der Waals surface area contributed by atoms with Crippen LogP contribution in [0.1, 0.15) is 26.7 Å². The maximum atomic E-state index is 12.4. The van der Waals surface area contributed by atoms with Crippen LogP contribution in [0.15, 0.2) is 27.7 Å². The number of carbonyl (C=O) groups excluding carboxylic acids is 1. The fourth-order valence-electron chi connectivity index (χ4n) is 2.58. The highest BCUT2D eigenvalue weighted by molar-refractivity contribution is 7.88. The third-order valence-corrected chi connectivity index (χ3v) is 6.70. The molecule has 0 aliphatic carbocycles. The van der Waals surface area contributed by atoms with Crippen LogP contribution in [0.3, 0.4) is 0 Å². The predicted octanol–water partition coefficient (Wildman–Crippen LogP) is 2.70. The van der Waals surface area contributed by atoms with E-state index in [0.29, 0.717) is 10.5 Å². The summed E-state index contributed by atoms with van der Waals surface area (Å²) in [7, 11) is -0.875. The van der Waals surface area contributed by atoms with Crippen molar-refractivity contribution in [3.63, 3.8) is 0 Å². The number of hydrogen-bond acceptors (Lipinski definition) is 8. The van der Waals surface area contributed by atoms with E-state index in [0.717, 1.165) is 20.9 Å². The number of aromatic nitrogens is 1. The minimum atomic E-state index is -3.68. The molecule has 0 fully saturated rings. The van der Waals surface area contributed by atoms with Gasteiger partial charge in [0.2, 0.25) is 5.09 Å². The van der Waals surface area contributed by atoms with Gasteiger partial charge in [-0.15, -0.1) is 11.3 Å². The first-order chi connectivity index (χ1) is 12.6. The monoisotopic (exact) mass is 409 g/mol. The van der Waals surface area contributed by atoms with Gasteiger partial charge in [0.1, 0.15) is 22.1 Å². The van der Waals surface area contributed by atoms with Gasteiger partial charge in [-0.25, -0.2) is 22.5 Å². The summed E-state index contributed by atoms with van der Waals surface area (Å²) in [6, 6.07) is 4.67. The Kier molecular flexibility index (Phi) is 4.98. The molecule has 3 heterocycles. The number of pyridine rings is 1. The first kappa shape index (κ1) is 19.3. The summed E-state index contributed by atoms with van der Waals surface area (Å²) in [5.41, 5.74) is 8.23. The maximum Gasteiger partial charge on any atom is 0.350 e. The number of fused-ring (bicyclic) bond motifs is 1. The van der Waals surface area contributed by atoms with Crippen molar-refractivity contribution in [3.8, 4) is 0 Å². The maximum absolute atomic E-state index is 12.4. The Morgan fingerprint density at radius 3 is 2.70 bits per heavy atom. The molecule has 0 bridgehead atoms. The van der Waals surface area contributed by atoms with E-state index in [2.05, 4.69) is 4.98 Å². The molecule has 0 atom stereocenters. The van der Waals surface area contributed by atoms with Crippen molar-refractivity contribution in [2.75, 3.05) is 19.8 Å². The van der Waals surface area contributed by atoms with Crippen molar-refractivity contribution < 1.29 is 22.4 Å². The SMILES string of the molecule is Cc1cc(C)c2c(N)c(C(=O)OCc3ccc(S(=O)(=O)N(C)C)o3)sc2n1. The van der Waals surface area contributed by atoms with E-state index in [1.54, 1.807) is 0 Å². The van der Waals surface area contributed by atoms with Crippen LogP contribution in [0.2, 0.25) is 0 Å². The van der Waals surface area contributed by atoms with Gasteiger partial charge in [0.25, 0.3) is 10.0 Å². The predicted molar refractivity (Wildman–Crippen MR) is 102 cm³/mol. The van der Waals surface area contributed by atoms with Crippen molar-refractivity contribution >= 4 is 43.2 Å². The summed E-state index contributed by atoms with van der Waals surface area (Å²) >= 11 is 1.17. The molecule has 0 amide bonds. The second-order valence-electron chi connectivity index (χ2n) is 6.19. The average molecular weight is 409 g/mol.